The second-order valence-corrected chi connectivity index (χ2v) is 3.70. The van der Waals surface area contributed by atoms with Crippen molar-refractivity contribution < 1.29 is 19.4 Å². The molecule has 0 heterocycles. The lowest BCUT2D eigenvalue weighted by Gasteiger charge is -2.00. The summed E-state index contributed by atoms with van der Waals surface area (Å²) in [6, 6.07) is 0. The highest BCUT2D eigenvalue weighted by Crippen LogP contribution is 2.05. The van der Waals surface area contributed by atoms with E-state index in [-0.39, 0.29) is 19.0 Å². The minimum Gasteiger partial charge on any atom is -0.481 e. The van der Waals surface area contributed by atoms with Crippen LogP contribution in [-0.2, 0) is 14.3 Å². The summed E-state index contributed by atoms with van der Waals surface area (Å²) in [5.41, 5.74) is 0. The maximum absolute atomic E-state index is 10.9. The van der Waals surface area contributed by atoms with E-state index in [0.717, 1.165) is 0 Å². The van der Waals surface area contributed by atoms with Crippen LogP contribution in [0.5, 0.6) is 0 Å². The molecule has 0 atom stereocenters. The van der Waals surface area contributed by atoms with Gasteiger partial charge in [-0.05, 0) is 0 Å². The number of ether oxygens (including phenoxy) is 1. The smallest absolute Gasteiger partial charge is 0.306 e. The molecule has 0 unspecified atom stereocenters. The van der Waals surface area contributed by atoms with Crippen molar-refractivity contribution in [2.75, 3.05) is 18.1 Å². The number of hydrogen-bond donors (Lipinski definition) is 1. The van der Waals surface area contributed by atoms with E-state index in [1.165, 1.54) is 17.8 Å². The molecule has 0 spiro atoms. The van der Waals surface area contributed by atoms with Gasteiger partial charge in [0.15, 0.2) is 0 Å². The first kappa shape index (κ1) is 13.0. The second-order valence-electron chi connectivity index (χ2n) is 2.48. The average Bonchev–Trinajstić information content (AvgIpc) is 2.13. The molecule has 0 bridgehead atoms. The van der Waals surface area contributed by atoms with E-state index < -0.39 is 5.97 Å². The second kappa shape index (κ2) is 8.62. The molecular formula is C9H14O4S. The van der Waals surface area contributed by atoms with E-state index in [4.69, 9.17) is 9.84 Å². The molecule has 4 nitrogen and oxygen atoms in total. The molecule has 0 rings (SSSR count). The molecule has 0 aromatic heterocycles. The molecule has 1 N–H and O–H groups in total. The Hall–Kier alpha value is -0.970. The van der Waals surface area contributed by atoms with Crippen molar-refractivity contribution in [1.82, 2.24) is 0 Å². The van der Waals surface area contributed by atoms with E-state index in [9.17, 15) is 9.59 Å². The summed E-state index contributed by atoms with van der Waals surface area (Å²) in [7, 11) is 0. The molecule has 14 heavy (non-hydrogen) atoms. The zero-order valence-corrected chi connectivity index (χ0v) is 8.72. The fourth-order valence-corrected chi connectivity index (χ4v) is 1.48. The van der Waals surface area contributed by atoms with Gasteiger partial charge < -0.3 is 9.84 Å². The van der Waals surface area contributed by atoms with E-state index in [0.29, 0.717) is 17.9 Å². The third kappa shape index (κ3) is 9.12. The van der Waals surface area contributed by atoms with Crippen LogP contribution in [0.2, 0.25) is 0 Å². The number of carbonyl (C=O) groups is 2. The van der Waals surface area contributed by atoms with Crippen LogP contribution < -0.4 is 0 Å². The quantitative estimate of drug-likeness (QED) is 0.378. The van der Waals surface area contributed by atoms with Crippen molar-refractivity contribution in [2.45, 2.75) is 12.8 Å². The van der Waals surface area contributed by atoms with Crippen LogP contribution in [0.4, 0.5) is 0 Å². The summed E-state index contributed by atoms with van der Waals surface area (Å²) >= 11 is 1.44. The summed E-state index contributed by atoms with van der Waals surface area (Å²) in [6.45, 7) is 3.65. The largest absolute Gasteiger partial charge is 0.481 e. The molecule has 5 heteroatoms. The van der Waals surface area contributed by atoms with Gasteiger partial charge in [-0.2, -0.15) is 11.8 Å². The molecule has 0 aliphatic carbocycles. The van der Waals surface area contributed by atoms with E-state index in [1.807, 2.05) is 0 Å². The van der Waals surface area contributed by atoms with Gasteiger partial charge in [-0.3, -0.25) is 9.59 Å². The maximum Gasteiger partial charge on any atom is 0.306 e. The number of esters is 1. The maximum atomic E-state index is 10.9. The molecular weight excluding hydrogens is 204 g/mol. The fraction of sp³-hybridized carbons (Fsp3) is 0.556. The van der Waals surface area contributed by atoms with Crippen molar-refractivity contribution >= 4 is 23.7 Å². The third-order valence-corrected chi connectivity index (χ3v) is 2.26. The molecule has 0 aromatic rings. The van der Waals surface area contributed by atoms with E-state index in [1.54, 1.807) is 0 Å². The van der Waals surface area contributed by atoms with Gasteiger partial charge in [-0.15, -0.1) is 0 Å². The Kier molecular flexibility index (Phi) is 8.02. The molecule has 80 valence electrons. The molecule has 0 radical (unpaired) electrons. The summed E-state index contributed by atoms with van der Waals surface area (Å²) in [5, 5.41) is 8.32. The highest BCUT2D eigenvalue weighted by Gasteiger charge is 2.02. The SMILES string of the molecule is C=CCOC(=O)CCSCCC(=O)O. The molecule has 0 saturated carbocycles. The number of rotatable bonds is 8. The van der Waals surface area contributed by atoms with Crippen molar-refractivity contribution in [3.63, 3.8) is 0 Å². The minimum absolute atomic E-state index is 0.131. The van der Waals surface area contributed by atoms with Crippen LogP contribution in [0.1, 0.15) is 12.8 Å². The standard InChI is InChI=1S/C9H14O4S/c1-2-5-13-9(12)4-7-14-6-3-8(10)11/h2H,1,3-7H2,(H,10,11). The number of carbonyl (C=O) groups excluding carboxylic acids is 1. The Balaban J connectivity index is 3.22. The summed E-state index contributed by atoms with van der Waals surface area (Å²) in [5.74, 6) is 0.0484. The van der Waals surface area contributed by atoms with Gasteiger partial charge in [0.2, 0.25) is 0 Å². The normalized spacial score (nSPS) is 9.43. The molecule has 0 saturated heterocycles. The van der Waals surface area contributed by atoms with Crippen molar-refractivity contribution in [2.24, 2.45) is 0 Å². The Morgan fingerprint density at radius 2 is 2.00 bits per heavy atom. The number of carboxylic acid groups (broad SMARTS) is 1. The molecule has 0 aliphatic heterocycles. The van der Waals surface area contributed by atoms with Gasteiger partial charge in [-0.25, -0.2) is 0 Å². The molecule has 0 aromatic carbocycles. The average molecular weight is 218 g/mol. The number of aliphatic carboxylic acids is 1. The van der Waals surface area contributed by atoms with Crippen LogP contribution >= 0.6 is 11.8 Å². The lowest BCUT2D eigenvalue weighted by atomic mass is 10.5. The van der Waals surface area contributed by atoms with Gasteiger partial charge in [0.1, 0.15) is 6.61 Å². The van der Waals surface area contributed by atoms with Crippen molar-refractivity contribution in [3.05, 3.63) is 12.7 Å². The lowest BCUT2D eigenvalue weighted by molar-refractivity contribution is -0.141. The van der Waals surface area contributed by atoms with Crippen LogP contribution in [0.3, 0.4) is 0 Å². The summed E-state index contributed by atoms with van der Waals surface area (Å²) in [4.78, 5) is 21.0. The highest BCUT2D eigenvalue weighted by molar-refractivity contribution is 7.99. The predicted molar refractivity (Wildman–Crippen MR) is 55.4 cm³/mol. The number of thioether (sulfide) groups is 1. The van der Waals surface area contributed by atoms with E-state index >= 15 is 0 Å². The Morgan fingerprint density at radius 3 is 2.57 bits per heavy atom. The van der Waals surface area contributed by atoms with Gasteiger partial charge >= 0.3 is 11.9 Å². The van der Waals surface area contributed by atoms with Crippen molar-refractivity contribution in [1.29, 1.82) is 0 Å². The zero-order chi connectivity index (χ0) is 10.8. The van der Waals surface area contributed by atoms with Gasteiger partial charge in [0.05, 0.1) is 12.8 Å². The topological polar surface area (TPSA) is 63.6 Å². The Bertz CT molecular complexity index is 203. The highest BCUT2D eigenvalue weighted by atomic mass is 32.2. The Morgan fingerprint density at radius 1 is 1.36 bits per heavy atom. The molecule has 0 fully saturated rings. The van der Waals surface area contributed by atoms with Gasteiger partial charge in [0.25, 0.3) is 0 Å². The van der Waals surface area contributed by atoms with Crippen LogP contribution in [-0.4, -0.2) is 35.2 Å². The first-order valence-corrected chi connectivity index (χ1v) is 5.38. The minimum atomic E-state index is -0.813. The van der Waals surface area contributed by atoms with E-state index in [2.05, 4.69) is 6.58 Å². The molecule has 0 aliphatic rings. The first-order valence-electron chi connectivity index (χ1n) is 4.23. The lowest BCUT2D eigenvalue weighted by Crippen LogP contribution is -2.05. The first-order chi connectivity index (χ1) is 6.66. The third-order valence-electron chi connectivity index (χ3n) is 1.27. The number of hydrogen-bond acceptors (Lipinski definition) is 4. The monoisotopic (exact) mass is 218 g/mol. The van der Waals surface area contributed by atoms with Crippen LogP contribution in [0, 0.1) is 0 Å². The van der Waals surface area contributed by atoms with Gasteiger partial charge in [0, 0.05) is 11.5 Å². The van der Waals surface area contributed by atoms with Crippen molar-refractivity contribution in [3.8, 4) is 0 Å². The van der Waals surface area contributed by atoms with Crippen LogP contribution in [0.15, 0.2) is 12.7 Å². The predicted octanol–water partition coefficient (Wildman–Crippen LogP) is 1.31. The molecule has 0 amide bonds. The fourth-order valence-electron chi connectivity index (χ4n) is 0.641. The van der Waals surface area contributed by atoms with Gasteiger partial charge in [-0.1, -0.05) is 12.7 Å². The van der Waals surface area contributed by atoms with Crippen LogP contribution in [0.25, 0.3) is 0 Å². The summed E-state index contributed by atoms with van der Waals surface area (Å²) < 4.78 is 4.73. The number of carboxylic acids is 1. The zero-order valence-electron chi connectivity index (χ0n) is 7.90. The Labute approximate surface area is 87.3 Å². The summed E-state index contributed by atoms with van der Waals surface area (Å²) in [6.07, 6.45) is 1.96.